The van der Waals surface area contributed by atoms with Crippen molar-refractivity contribution in [2.24, 2.45) is 0 Å². The summed E-state index contributed by atoms with van der Waals surface area (Å²) in [5.41, 5.74) is 7.77. The van der Waals surface area contributed by atoms with Crippen LogP contribution in [0.3, 0.4) is 0 Å². The van der Waals surface area contributed by atoms with Crippen molar-refractivity contribution in [1.82, 2.24) is 14.5 Å². The van der Waals surface area contributed by atoms with Crippen LogP contribution in [0.4, 0.5) is 5.95 Å². The smallest absolute Gasteiger partial charge is 0.201 e. The second-order valence-corrected chi connectivity index (χ2v) is 6.17. The Hall–Kier alpha value is -1.40. The summed E-state index contributed by atoms with van der Waals surface area (Å²) in [5.74, 6) is 0.525. The first kappa shape index (κ1) is 10.7. The zero-order valence-corrected chi connectivity index (χ0v) is 11.2. The maximum atomic E-state index is 5.92. The number of hydrogen-bond donors (Lipinski definition) is 1. The monoisotopic (exact) mass is 308 g/mol. The van der Waals surface area contributed by atoms with Crippen molar-refractivity contribution in [3.63, 3.8) is 0 Å². The van der Waals surface area contributed by atoms with E-state index in [0.29, 0.717) is 5.95 Å². The van der Waals surface area contributed by atoms with Crippen LogP contribution in [0.2, 0.25) is 0 Å². The molecule has 0 saturated heterocycles. The molecule has 0 aromatic carbocycles. The number of nitrogen functional groups attached to an aromatic ring is 1. The number of nitrogens with two attached hydrogens (primary N) is 1. The van der Waals surface area contributed by atoms with Crippen LogP contribution in [0.25, 0.3) is 11.0 Å². The minimum Gasteiger partial charge on any atom is -0.369 e. The third-order valence-corrected chi connectivity index (χ3v) is 4.13. The second-order valence-electron chi connectivity index (χ2n) is 3.63. The maximum Gasteiger partial charge on any atom is 0.201 e. The molecule has 0 spiro atoms. The Morgan fingerprint density at radius 2 is 2.24 bits per heavy atom. The van der Waals surface area contributed by atoms with Gasteiger partial charge in [0.05, 0.1) is 22.0 Å². The molecule has 0 amide bonds. The first-order chi connectivity index (χ1) is 8.24. The van der Waals surface area contributed by atoms with Gasteiger partial charge in [0.2, 0.25) is 5.95 Å². The first-order valence-corrected chi connectivity index (χ1v) is 6.65. The third-order valence-electron chi connectivity index (χ3n) is 2.52. The molecule has 3 aromatic rings. The summed E-state index contributed by atoms with van der Waals surface area (Å²) in [6, 6.07) is 6.05. The number of halogens is 1. The Morgan fingerprint density at radius 3 is 3.00 bits per heavy atom. The lowest BCUT2D eigenvalue weighted by Gasteiger charge is -2.03. The lowest BCUT2D eigenvalue weighted by Crippen LogP contribution is -2.03. The maximum absolute atomic E-state index is 5.92. The third kappa shape index (κ3) is 1.94. The fraction of sp³-hybridized carbons (Fsp3) is 0.0909. The highest BCUT2D eigenvalue weighted by Gasteiger charge is 2.09. The SMILES string of the molecule is Nc1nc2cnccc2n1Cc1ccc(Br)s1. The summed E-state index contributed by atoms with van der Waals surface area (Å²) in [7, 11) is 0. The van der Waals surface area contributed by atoms with E-state index in [4.69, 9.17) is 5.73 Å². The van der Waals surface area contributed by atoms with E-state index < -0.39 is 0 Å². The van der Waals surface area contributed by atoms with Crippen LogP contribution >= 0.6 is 27.3 Å². The molecule has 86 valence electrons. The number of imidazole rings is 1. The molecule has 0 aliphatic rings. The van der Waals surface area contributed by atoms with E-state index in [2.05, 4.69) is 32.0 Å². The molecular weight excluding hydrogens is 300 g/mol. The van der Waals surface area contributed by atoms with Crippen molar-refractivity contribution in [3.8, 4) is 0 Å². The Balaban J connectivity index is 2.08. The number of aromatic nitrogens is 3. The Morgan fingerprint density at radius 1 is 1.35 bits per heavy atom. The van der Waals surface area contributed by atoms with Crippen LogP contribution in [0.1, 0.15) is 4.88 Å². The molecule has 2 N–H and O–H groups in total. The zero-order valence-electron chi connectivity index (χ0n) is 8.80. The molecule has 17 heavy (non-hydrogen) atoms. The quantitative estimate of drug-likeness (QED) is 0.792. The van der Waals surface area contributed by atoms with Crippen LogP contribution in [-0.2, 0) is 6.54 Å². The highest BCUT2D eigenvalue weighted by Crippen LogP contribution is 2.25. The lowest BCUT2D eigenvalue weighted by atomic mass is 10.4. The average Bonchev–Trinajstić information content (AvgIpc) is 2.85. The molecule has 0 bridgehead atoms. The summed E-state index contributed by atoms with van der Waals surface area (Å²) >= 11 is 5.16. The molecule has 3 heterocycles. The van der Waals surface area contributed by atoms with Gasteiger partial charge in [-0.1, -0.05) is 0 Å². The Bertz CT molecular complexity index is 673. The van der Waals surface area contributed by atoms with Gasteiger partial charge in [-0.25, -0.2) is 4.98 Å². The number of nitrogens with zero attached hydrogens (tertiary/aromatic N) is 3. The van der Waals surface area contributed by atoms with Gasteiger partial charge in [-0.3, -0.25) is 4.98 Å². The summed E-state index contributed by atoms with van der Waals surface area (Å²) in [6.45, 7) is 0.739. The zero-order chi connectivity index (χ0) is 11.8. The predicted octanol–water partition coefficient (Wildman–Crippen LogP) is 2.89. The van der Waals surface area contributed by atoms with Crippen LogP contribution in [-0.4, -0.2) is 14.5 Å². The van der Waals surface area contributed by atoms with Crippen LogP contribution in [0.15, 0.2) is 34.4 Å². The number of rotatable bonds is 2. The van der Waals surface area contributed by atoms with Gasteiger partial charge >= 0.3 is 0 Å². The largest absolute Gasteiger partial charge is 0.369 e. The van der Waals surface area contributed by atoms with Crippen LogP contribution in [0, 0.1) is 0 Å². The van der Waals surface area contributed by atoms with Crippen molar-refractivity contribution in [2.75, 3.05) is 5.73 Å². The Labute approximate surface area is 110 Å². The van der Waals surface area contributed by atoms with Gasteiger partial charge in [0, 0.05) is 11.1 Å². The first-order valence-electron chi connectivity index (χ1n) is 5.04. The molecule has 0 radical (unpaired) electrons. The fourth-order valence-electron chi connectivity index (χ4n) is 1.76. The molecule has 0 aliphatic heterocycles. The van der Waals surface area contributed by atoms with Gasteiger partial charge in [0.15, 0.2) is 0 Å². The van der Waals surface area contributed by atoms with Gasteiger partial charge in [0.1, 0.15) is 5.52 Å². The van der Waals surface area contributed by atoms with Gasteiger partial charge in [-0.15, -0.1) is 11.3 Å². The number of pyridine rings is 1. The second kappa shape index (κ2) is 4.12. The number of fused-ring (bicyclic) bond motifs is 1. The summed E-state index contributed by atoms with van der Waals surface area (Å²) in [4.78, 5) is 9.57. The van der Waals surface area contributed by atoms with Gasteiger partial charge in [-0.2, -0.15) is 0 Å². The molecule has 0 aliphatic carbocycles. The summed E-state index contributed by atoms with van der Waals surface area (Å²) < 4.78 is 3.12. The molecule has 0 unspecified atom stereocenters. The molecule has 0 saturated carbocycles. The van der Waals surface area contributed by atoms with Crippen molar-refractivity contribution in [1.29, 1.82) is 0 Å². The molecule has 6 heteroatoms. The molecule has 3 aromatic heterocycles. The average molecular weight is 309 g/mol. The van der Waals surface area contributed by atoms with E-state index in [1.54, 1.807) is 23.7 Å². The van der Waals surface area contributed by atoms with Gasteiger partial charge in [0.25, 0.3) is 0 Å². The minimum atomic E-state index is 0.525. The number of anilines is 1. The number of thiophene rings is 1. The highest BCUT2D eigenvalue weighted by atomic mass is 79.9. The van der Waals surface area contributed by atoms with E-state index >= 15 is 0 Å². The van der Waals surface area contributed by atoms with Gasteiger partial charge < -0.3 is 10.3 Å². The molecule has 4 nitrogen and oxygen atoms in total. The van der Waals surface area contributed by atoms with Crippen LogP contribution in [0.5, 0.6) is 0 Å². The summed E-state index contributed by atoms with van der Waals surface area (Å²) in [6.07, 6.45) is 3.48. The van der Waals surface area contributed by atoms with Crippen molar-refractivity contribution in [2.45, 2.75) is 6.54 Å². The van der Waals surface area contributed by atoms with E-state index in [9.17, 15) is 0 Å². The highest BCUT2D eigenvalue weighted by molar-refractivity contribution is 9.11. The minimum absolute atomic E-state index is 0.525. The normalized spacial score (nSPS) is 11.1. The predicted molar refractivity (Wildman–Crippen MR) is 73.1 cm³/mol. The van der Waals surface area contributed by atoms with E-state index in [-0.39, 0.29) is 0 Å². The van der Waals surface area contributed by atoms with E-state index in [1.807, 2.05) is 16.7 Å². The molecule has 0 fully saturated rings. The summed E-state index contributed by atoms with van der Waals surface area (Å²) in [5, 5.41) is 0. The van der Waals surface area contributed by atoms with Gasteiger partial charge in [-0.05, 0) is 34.1 Å². The fourth-order valence-corrected chi connectivity index (χ4v) is 3.23. The standard InChI is InChI=1S/C11H9BrN4S/c12-10-2-1-7(17-10)6-16-9-3-4-14-5-8(9)15-11(16)13/h1-5H,6H2,(H2,13,15). The van der Waals surface area contributed by atoms with E-state index in [1.165, 1.54) is 4.88 Å². The van der Waals surface area contributed by atoms with Crippen molar-refractivity contribution in [3.05, 3.63) is 39.3 Å². The number of hydrogen-bond acceptors (Lipinski definition) is 4. The Kier molecular flexibility index (Phi) is 2.60. The molecular formula is C11H9BrN4S. The van der Waals surface area contributed by atoms with Crippen molar-refractivity contribution < 1.29 is 0 Å². The lowest BCUT2D eigenvalue weighted by molar-refractivity contribution is 0.852. The van der Waals surface area contributed by atoms with Crippen LogP contribution < -0.4 is 5.73 Å². The van der Waals surface area contributed by atoms with Crippen molar-refractivity contribution >= 4 is 44.2 Å². The molecule has 3 rings (SSSR count). The van der Waals surface area contributed by atoms with E-state index in [0.717, 1.165) is 21.4 Å². The molecule has 0 atom stereocenters. The topological polar surface area (TPSA) is 56.7 Å².